The Bertz CT molecular complexity index is 458. The molecule has 6 heteroatoms. The molecular formula is C16H30N2O3S. The number of rotatable bonds is 6. The van der Waals surface area contributed by atoms with E-state index in [4.69, 9.17) is 0 Å². The number of piperidine rings is 1. The molecule has 1 aliphatic heterocycles. The van der Waals surface area contributed by atoms with Gasteiger partial charge in [-0.25, -0.2) is 12.7 Å². The van der Waals surface area contributed by atoms with Crippen LogP contribution in [0.3, 0.4) is 0 Å². The van der Waals surface area contributed by atoms with Gasteiger partial charge in [-0.05, 0) is 32.1 Å². The number of hydrogen-bond donors (Lipinski definition) is 1. The smallest absolute Gasteiger partial charge is 0.224 e. The lowest BCUT2D eigenvalue weighted by Crippen LogP contribution is -2.48. The molecule has 0 spiro atoms. The van der Waals surface area contributed by atoms with Crippen LogP contribution in [0, 0.1) is 5.92 Å². The van der Waals surface area contributed by atoms with Gasteiger partial charge in [0, 0.05) is 19.1 Å². The van der Waals surface area contributed by atoms with Crippen LogP contribution in [0.2, 0.25) is 0 Å². The Morgan fingerprint density at radius 2 is 1.86 bits per heavy atom. The van der Waals surface area contributed by atoms with Crippen molar-refractivity contribution in [1.82, 2.24) is 9.62 Å². The molecule has 2 aliphatic rings. The highest BCUT2D eigenvalue weighted by Gasteiger charge is 2.32. The van der Waals surface area contributed by atoms with Crippen molar-refractivity contribution in [3.05, 3.63) is 0 Å². The fourth-order valence-corrected chi connectivity index (χ4v) is 5.16. The molecule has 0 aromatic carbocycles. The maximum atomic E-state index is 12.4. The number of carbonyl (C=O) groups is 1. The van der Waals surface area contributed by atoms with E-state index in [9.17, 15) is 13.2 Å². The van der Waals surface area contributed by atoms with Crippen LogP contribution in [0.15, 0.2) is 0 Å². The van der Waals surface area contributed by atoms with Crippen molar-refractivity contribution in [1.29, 1.82) is 0 Å². The van der Waals surface area contributed by atoms with Gasteiger partial charge in [0.15, 0.2) is 0 Å². The lowest BCUT2D eigenvalue weighted by Gasteiger charge is -2.32. The lowest BCUT2D eigenvalue weighted by atomic mass is 9.93. The van der Waals surface area contributed by atoms with Crippen LogP contribution in [-0.2, 0) is 14.8 Å². The van der Waals surface area contributed by atoms with Gasteiger partial charge in [-0.1, -0.05) is 32.6 Å². The zero-order valence-corrected chi connectivity index (χ0v) is 14.5. The third-order valence-electron chi connectivity index (χ3n) is 4.86. The van der Waals surface area contributed by atoms with Crippen molar-refractivity contribution in [3.8, 4) is 0 Å². The average Bonchev–Trinajstić information content (AvgIpc) is 2.54. The summed E-state index contributed by atoms with van der Waals surface area (Å²) >= 11 is 0. The number of nitrogens with zero attached hydrogens (tertiary/aromatic N) is 1. The summed E-state index contributed by atoms with van der Waals surface area (Å²) in [5.74, 6) is 0.0925. The first kappa shape index (κ1) is 17.7. The minimum Gasteiger partial charge on any atom is -0.353 e. The van der Waals surface area contributed by atoms with Crippen LogP contribution >= 0.6 is 0 Å². The summed E-state index contributed by atoms with van der Waals surface area (Å²) in [7, 11) is -3.19. The predicted octanol–water partition coefficient (Wildman–Crippen LogP) is 2.28. The Kier molecular flexibility index (Phi) is 6.68. The van der Waals surface area contributed by atoms with Gasteiger partial charge in [0.25, 0.3) is 0 Å². The topological polar surface area (TPSA) is 66.5 Å². The Morgan fingerprint density at radius 1 is 1.14 bits per heavy atom. The zero-order valence-electron chi connectivity index (χ0n) is 13.7. The quantitative estimate of drug-likeness (QED) is 0.812. The van der Waals surface area contributed by atoms with E-state index in [1.807, 2.05) is 6.92 Å². The van der Waals surface area contributed by atoms with E-state index in [-0.39, 0.29) is 17.6 Å². The van der Waals surface area contributed by atoms with Gasteiger partial charge in [0.05, 0.1) is 11.7 Å². The number of carbonyl (C=O) groups excluding carboxylic acids is 1. The van der Waals surface area contributed by atoms with Crippen LogP contribution in [0.1, 0.15) is 64.7 Å². The van der Waals surface area contributed by atoms with Gasteiger partial charge in [0.2, 0.25) is 15.9 Å². The second-order valence-electron chi connectivity index (χ2n) is 6.71. The summed E-state index contributed by atoms with van der Waals surface area (Å²) in [6.07, 6.45) is 8.93. The molecule has 1 N–H and O–H groups in total. The monoisotopic (exact) mass is 330 g/mol. The molecule has 22 heavy (non-hydrogen) atoms. The van der Waals surface area contributed by atoms with Crippen molar-refractivity contribution < 1.29 is 13.2 Å². The maximum absolute atomic E-state index is 12.4. The van der Waals surface area contributed by atoms with E-state index in [2.05, 4.69) is 5.32 Å². The van der Waals surface area contributed by atoms with E-state index < -0.39 is 10.0 Å². The van der Waals surface area contributed by atoms with Crippen molar-refractivity contribution >= 4 is 15.9 Å². The first-order chi connectivity index (χ1) is 10.5. The summed E-state index contributed by atoms with van der Waals surface area (Å²) in [4.78, 5) is 12.4. The highest BCUT2D eigenvalue weighted by molar-refractivity contribution is 7.89. The molecule has 2 fully saturated rings. The molecule has 0 radical (unpaired) electrons. The number of nitrogens with one attached hydrogen (secondary N) is 1. The van der Waals surface area contributed by atoms with E-state index in [0.29, 0.717) is 25.6 Å². The molecule has 5 nitrogen and oxygen atoms in total. The number of hydrogen-bond acceptors (Lipinski definition) is 3. The largest absolute Gasteiger partial charge is 0.353 e. The second kappa shape index (κ2) is 8.29. The Hall–Kier alpha value is -0.620. The molecule has 1 aliphatic carbocycles. The van der Waals surface area contributed by atoms with Crippen molar-refractivity contribution in [3.63, 3.8) is 0 Å². The van der Waals surface area contributed by atoms with Gasteiger partial charge < -0.3 is 5.32 Å². The third-order valence-corrected chi connectivity index (χ3v) is 6.78. The predicted molar refractivity (Wildman–Crippen MR) is 88.0 cm³/mol. The van der Waals surface area contributed by atoms with Crippen molar-refractivity contribution in [2.24, 2.45) is 5.92 Å². The molecule has 0 aromatic heterocycles. The number of sulfonamides is 1. The Balaban J connectivity index is 1.87. The maximum Gasteiger partial charge on any atom is 0.224 e. The minimum absolute atomic E-state index is 0.0577. The molecule has 1 saturated heterocycles. The summed E-state index contributed by atoms with van der Waals surface area (Å²) in [5, 5.41) is 3.14. The second-order valence-corrected chi connectivity index (χ2v) is 8.80. The SMILES string of the molecule is CCCCS(=O)(=O)N1CCC[C@H](C(=O)NC2CCCCC2)C1. The van der Waals surface area contributed by atoms with Crippen molar-refractivity contribution in [2.45, 2.75) is 70.8 Å². The summed E-state index contributed by atoms with van der Waals surface area (Å²) < 4.78 is 26.1. The van der Waals surface area contributed by atoms with Crippen molar-refractivity contribution in [2.75, 3.05) is 18.8 Å². The molecule has 128 valence electrons. The van der Waals surface area contributed by atoms with Crippen LogP contribution in [0.25, 0.3) is 0 Å². The van der Waals surface area contributed by atoms with Gasteiger partial charge in [-0.3, -0.25) is 4.79 Å². The van der Waals surface area contributed by atoms with E-state index in [1.54, 1.807) is 0 Å². The Morgan fingerprint density at radius 3 is 2.55 bits per heavy atom. The molecule has 0 bridgehead atoms. The van der Waals surface area contributed by atoms with Gasteiger partial charge in [-0.2, -0.15) is 0 Å². The summed E-state index contributed by atoms with van der Waals surface area (Å²) in [5.41, 5.74) is 0. The van der Waals surface area contributed by atoms with Gasteiger partial charge in [-0.15, -0.1) is 0 Å². The third kappa shape index (κ3) is 4.95. The molecule has 1 atom stereocenters. The van der Waals surface area contributed by atoms with E-state index >= 15 is 0 Å². The molecule has 2 rings (SSSR count). The highest BCUT2D eigenvalue weighted by Crippen LogP contribution is 2.22. The summed E-state index contributed by atoms with van der Waals surface area (Å²) in [6.45, 7) is 2.93. The van der Waals surface area contributed by atoms with Crippen LogP contribution < -0.4 is 5.32 Å². The molecule has 0 unspecified atom stereocenters. The van der Waals surface area contributed by atoms with Crippen LogP contribution in [-0.4, -0.2) is 43.5 Å². The lowest BCUT2D eigenvalue weighted by molar-refractivity contribution is -0.127. The number of amides is 1. The molecule has 1 amide bonds. The Labute approximate surface area is 134 Å². The fourth-order valence-electron chi connectivity index (χ4n) is 3.43. The standard InChI is InChI=1S/C16H30N2O3S/c1-2-3-12-22(20,21)18-11-7-8-14(13-18)16(19)17-15-9-5-4-6-10-15/h14-15H,2-13H2,1H3,(H,17,19)/t14-/m0/s1. The minimum atomic E-state index is -3.19. The van der Waals surface area contributed by atoms with Crippen LogP contribution in [0.4, 0.5) is 0 Å². The molecule has 1 saturated carbocycles. The van der Waals surface area contributed by atoms with E-state index in [1.165, 1.54) is 23.6 Å². The molecule has 1 heterocycles. The average molecular weight is 330 g/mol. The first-order valence-electron chi connectivity index (χ1n) is 8.81. The fraction of sp³-hybridized carbons (Fsp3) is 0.938. The number of unbranched alkanes of at least 4 members (excludes halogenated alkanes) is 1. The molecule has 0 aromatic rings. The normalized spacial score (nSPS) is 25.0. The van der Waals surface area contributed by atoms with Gasteiger partial charge >= 0.3 is 0 Å². The highest BCUT2D eigenvalue weighted by atomic mass is 32.2. The van der Waals surface area contributed by atoms with Crippen LogP contribution in [0.5, 0.6) is 0 Å². The van der Waals surface area contributed by atoms with Gasteiger partial charge in [0.1, 0.15) is 0 Å². The van der Waals surface area contributed by atoms with E-state index in [0.717, 1.165) is 32.1 Å². The zero-order chi connectivity index (χ0) is 16.0. The molecular weight excluding hydrogens is 300 g/mol. The first-order valence-corrected chi connectivity index (χ1v) is 10.4. The summed E-state index contributed by atoms with van der Waals surface area (Å²) in [6, 6.07) is 0.299.